The maximum Gasteiger partial charge on any atom is 0.126 e. The van der Waals surface area contributed by atoms with E-state index in [9.17, 15) is 4.39 Å². The fraction of sp³-hybridized carbons (Fsp3) is 0.400. The molecule has 0 bridgehead atoms. The lowest BCUT2D eigenvalue weighted by Gasteiger charge is -2.01. The molecule has 1 fully saturated rings. The van der Waals surface area contributed by atoms with Gasteiger partial charge in [-0.1, -0.05) is 17.7 Å². The molecule has 0 amide bonds. The minimum Gasteiger partial charge on any atom is -0.327 e. The molecule has 2 heteroatoms. The van der Waals surface area contributed by atoms with Gasteiger partial charge in [0.15, 0.2) is 0 Å². The molecule has 2 N–H and O–H groups in total. The van der Waals surface area contributed by atoms with Crippen molar-refractivity contribution in [1.29, 1.82) is 0 Å². The van der Waals surface area contributed by atoms with E-state index in [-0.39, 0.29) is 17.8 Å². The summed E-state index contributed by atoms with van der Waals surface area (Å²) >= 11 is 0. The first-order chi connectivity index (χ1) is 5.68. The molecule has 0 saturated heterocycles. The Bertz CT molecular complexity index is 309. The summed E-state index contributed by atoms with van der Waals surface area (Å²) in [5.41, 5.74) is 7.55. The maximum atomic E-state index is 13.2. The first kappa shape index (κ1) is 7.74. The topological polar surface area (TPSA) is 26.0 Å². The van der Waals surface area contributed by atoms with Gasteiger partial charge in [-0.3, -0.25) is 0 Å². The fourth-order valence-electron chi connectivity index (χ4n) is 1.52. The van der Waals surface area contributed by atoms with Crippen LogP contribution in [0.4, 0.5) is 4.39 Å². The first-order valence-corrected chi connectivity index (χ1v) is 4.20. The zero-order valence-electron chi connectivity index (χ0n) is 7.05. The van der Waals surface area contributed by atoms with E-state index in [1.165, 1.54) is 6.07 Å². The van der Waals surface area contributed by atoms with E-state index in [1.54, 1.807) is 6.07 Å². The summed E-state index contributed by atoms with van der Waals surface area (Å²) in [6, 6.07) is 5.39. The van der Waals surface area contributed by atoms with Crippen LogP contribution < -0.4 is 5.73 Å². The van der Waals surface area contributed by atoms with E-state index in [0.29, 0.717) is 0 Å². The fourth-order valence-corrected chi connectivity index (χ4v) is 1.52. The molecule has 2 atom stereocenters. The zero-order chi connectivity index (χ0) is 8.72. The van der Waals surface area contributed by atoms with Gasteiger partial charge in [0, 0.05) is 12.0 Å². The summed E-state index contributed by atoms with van der Waals surface area (Å²) in [5, 5.41) is 0. The van der Waals surface area contributed by atoms with Crippen LogP contribution in [0.5, 0.6) is 0 Å². The van der Waals surface area contributed by atoms with Crippen LogP contribution in [0.2, 0.25) is 0 Å². The van der Waals surface area contributed by atoms with Crippen LogP contribution >= 0.6 is 0 Å². The second kappa shape index (κ2) is 2.56. The standard InChI is InChI=1S/C10H12FN/c1-6-2-3-9(11)7(4-6)8-5-10(8)12/h2-4,8,10H,5,12H2,1H3/t8-,10+/m0/s1. The lowest BCUT2D eigenvalue weighted by Crippen LogP contribution is -2.02. The molecular formula is C10H12FN. The molecular weight excluding hydrogens is 153 g/mol. The number of rotatable bonds is 1. The Labute approximate surface area is 71.4 Å². The van der Waals surface area contributed by atoms with Gasteiger partial charge in [-0.05, 0) is 25.0 Å². The Morgan fingerprint density at radius 1 is 1.50 bits per heavy atom. The predicted molar refractivity (Wildman–Crippen MR) is 46.5 cm³/mol. The molecule has 64 valence electrons. The van der Waals surface area contributed by atoms with E-state index in [4.69, 9.17) is 5.73 Å². The first-order valence-electron chi connectivity index (χ1n) is 4.20. The molecule has 1 saturated carbocycles. The quantitative estimate of drug-likeness (QED) is 0.676. The third-order valence-electron chi connectivity index (χ3n) is 2.39. The van der Waals surface area contributed by atoms with Crippen molar-refractivity contribution in [3.8, 4) is 0 Å². The molecule has 1 nitrogen and oxygen atoms in total. The second-order valence-electron chi connectivity index (χ2n) is 3.53. The van der Waals surface area contributed by atoms with Crippen LogP contribution in [-0.4, -0.2) is 6.04 Å². The van der Waals surface area contributed by atoms with Crippen molar-refractivity contribution in [3.05, 3.63) is 35.1 Å². The molecule has 1 aromatic rings. The number of halogens is 1. The highest BCUT2D eigenvalue weighted by atomic mass is 19.1. The minimum atomic E-state index is -0.112. The molecule has 0 unspecified atom stereocenters. The van der Waals surface area contributed by atoms with Crippen LogP contribution in [0.3, 0.4) is 0 Å². The normalized spacial score (nSPS) is 27.2. The molecule has 2 rings (SSSR count). The Kier molecular flexibility index (Phi) is 1.65. The van der Waals surface area contributed by atoms with Crippen molar-refractivity contribution in [3.63, 3.8) is 0 Å². The molecule has 0 aliphatic heterocycles. The molecule has 0 radical (unpaired) electrons. The summed E-state index contributed by atoms with van der Waals surface area (Å²) in [6.07, 6.45) is 0.931. The Morgan fingerprint density at radius 3 is 2.75 bits per heavy atom. The van der Waals surface area contributed by atoms with Crippen LogP contribution in [0, 0.1) is 12.7 Å². The Hall–Kier alpha value is -0.890. The average molecular weight is 165 g/mol. The van der Waals surface area contributed by atoms with Gasteiger partial charge in [0.2, 0.25) is 0 Å². The molecule has 0 aromatic heterocycles. The van der Waals surface area contributed by atoms with E-state index in [2.05, 4.69) is 0 Å². The van der Waals surface area contributed by atoms with Gasteiger partial charge in [0.25, 0.3) is 0 Å². The van der Waals surface area contributed by atoms with Gasteiger partial charge in [-0.2, -0.15) is 0 Å². The predicted octanol–water partition coefficient (Wildman–Crippen LogP) is 1.95. The molecule has 1 aliphatic carbocycles. The minimum absolute atomic E-state index is 0.112. The number of hydrogen-bond donors (Lipinski definition) is 1. The van der Waals surface area contributed by atoms with Crippen molar-refractivity contribution in [2.75, 3.05) is 0 Å². The van der Waals surface area contributed by atoms with Crippen LogP contribution in [0.1, 0.15) is 23.5 Å². The largest absolute Gasteiger partial charge is 0.327 e. The monoisotopic (exact) mass is 165 g/mol. The SMILES string of the molecule is Cc1ccc(F)c([C@@H]2C[C@H]2N)c1. The summed E-state index contributed by atoms with van der Waals surface area (Å²) in [7, 11) is 0. The average Bonchev–Trinajstić information content (AvgIpc) is 2.73. The molecule has 0 heterocycles. The lowest BCUT2D eigenvalue weighted by atomic mass is 10.1. The van der Waals surface area contributed by atoms with Gasteiger partial charge < -0.3 is 5.73 Å². The van der Waals surface area contributed by atoms with Crippen molar-refractivity contribution >= 4 is 0 Å². The summed E-state index contributed by atoms with van der Waals surface area (Å²) in [6.45, 7) is 1.97. The number of aryl methyl sites for hydroxylation is 1. The van der Waals surface area contributed by atoms with Crippen molar-refractivity contribution in [1.82, 2.24) is 0 Å². The third kappa shape index (κ3) is 1.23. The smallest absolute Gasteiger partial charge is 0.126 e. The van der Waals surface area contributed by atoms with Crippen molar-refractivity contribution in [2.24, 2.45) is 5.73 Å². The van der Waals surface area contributed by atoms with Gasteiger partial charge in [-0.25, -0.2) is 4.39 Å². The van der Waals surface area contributed by atoms with E-state index in [0.717, 1.165) is 17.5 Å². The Morgan fingerprint density at radius 2 is 2.17 bits per heavy atom. The molecule has 0 spiro atoms. The van der Waals surface area contributed by atoms with Crippen molar-refractivity contribution < 1.29 is 4.39 Å². The zero-order valence-corrected chi connectivity index (χ0v) is 7.05. The number of benzene rings is 1. The molecule has 1 aliphatic rings. The van der Waals surface area contributed by atoms with Gasteiger partial charge in [0.1, 0.15) is 5.82 Å². The van der Waals surface area contributed by atoms with Gasteiger partial charge in [-0.15, -0.1) is 0 Å². The van der Waals surface area contributed by atoms with E-state index in [1.807, 2.05) is 13.0 Å². The van der Waals surface area contributed by atoms with Gasteiger partial charge in [0.05, 0.1) is 0 Å². The summed E-state index contributed by atoms with van der Waals surface area (Å²) in [4.78, 5) is 0. The van der Waals surface area contributed by atoms with E-state index >= 15 is 0 Å². The number of nitrogens with two attached hydrogens (primary N) is 1. The highest BCUT2D eigenvalue weighted by Crippen LogP contribution is 2.40. The van der Waals surface area contributed by atoms with Crippen molar-refractivity contribution in [2.45, 2.75) is 25.3 Å². The summed E-state index contributed by atoms with van der Waals surface area (Å²) < 4.78 is 13.2. The highest BCUT2D eigenvalue weighted by Gasteiger charge is 2.36. The van der Waals surface area contributed by atoms with Gasteiger partial charge >= 0.3 is 0 Å². The van der Waals surface area contributed by atoms with Crippen LogP contribution in [0.25, 0.3) is 0 Å². The Balaban J connectivity index is 2.36. The van der Waals surface area contributed by atoms with E-state index < -0.39 is 0 Å². The second-order valence-corrected chi connectivity index (χ2v) is 3.53. The molecule has 12 heavy (non-hydrogen) atoms. The van der Waals surface area contributed by atoms with Crippen LogP contribution in [-0.2, 0) is 0 Å². The van der Waals surface area contributed by atoms with Crippen LogP contribution in [0.15, 0.2) is 18.2 Å². The number of hydrogen-bond acceptors (Lipinski definition) is 1. The lowest BCUT2D eigenvalue weighted by molar-refractivity contribution is 0.609. The maximum absolute atomic E-state index is 13.2. The molecule has 1 aromatic carbocycles. The summed E-state index contributed by atoms with van der Waals surface area (Å²) in [5.74, 6) is 0.156. The third-order valence-corrected chi connectivity index (χ3v) is 2.39. The highest BCUT2D eigenvalue weighted by molar-refractivity contribution is 5.32.